The van der Waals surface area contributed by atoms with E-state index in [2.05, 4.69) is 5.32 Å². The topological polar surface area (TPSA) is 173 Å². The maximum Gasteiger partial charge on any atom is 0.407 e. The molecule has 1 fully saturated rings. The Bertz CT molecular complexity index is 1030. The van der Waals surface area contributed by atoms with E-state index in [4.69, 9.17) is 28.4 Å². The molecule has 13 heteroatoms. The Labute approximate surface area is 238 Å². The monoisotopic (exact) mass is 581 g/mol. The van der Waals surface area contributed by atoms with Crippen LogP contribution < -0.4 is 5.32 Å². The molecule has 2 rings (SSSR count). The summed E-state index contributed by atoms with van der Waals surface area (Å²) >= 11 is 0. The molecule has 1 aromatic rings. The summed E-state index contributed by atoms with van der Waals surface area (Å²) in [5.74, 6) is -5.14. The second kappa shape index (κ2) is 16.5. The van der Waals surface area contributed by atoms with Gasteiger partial charge in [-0.05, 0) is 18.4 Å². The van der Waals surface area contributed by atoms with Crippen molar-refractivity contribution in [2.24, 2.45) is 0 Å². The Balaban J connectivity index is 1.98. The highest BCUT2D eigenvalue weighted by Gasteiger charge is 2.59. The maximum atomic E-state index is 11.9. The van der Waals surface area contributed by atoms with E-state index >= 15 is 0 Å². The number of ether oxygens (including phenoxy) is 6. The molecular weight excluding hydrogens is 542 g/mol. The van der Waals surface area contributed by atoms with E-state index in [0.29, 0.717) is 32.2 Å². The highest BCUT2D eigenvalue weighted by molar-refractivity contribution is 5.69. The summed E-state index contributed by atoms with van der Waals surface area (Å²) in [6.07, 6.45) is -3.84. The number of amides is 1. The van der Waals surface area contributed by atoms with Crippen molar-refractivity contribution >= 4 is 30.0 Å². The van der Waals surface area contributed by atoms with Gasteiger partial charge in [0, 0.05) is 40.7 Å². The van der Waals surface area contributed by atoms with Crippen molar-refractivity contribution < 1.29 is 57.5 Å². The average Bonchev–Trinajstić information content (AvgIpc) is 2.89. The predicted octanol–water partition coefficient (Wildman–Crippen LogP) is 2.31. The minimum atomic E-state index is -2.16. The lowest BCUT2D eigenvalue weighted by atomic mass is 9.88. The number of nitrogens with one attached hydrogen (secondary N) is 1. The SMILES string of the molecule is CC(=O)OC[C@H]1O[C@](O)(CCCCCCNC(=O)OCc2ccccc2)[C@H](OC(C)=O)[C@@H](OC(C)=O)[C@H]1OC(C)=O. The summed E-state index contributed by atoms with van der Waals surface area (Å²) in [5.41, 5.74) is 0.878. The van der Waals surface area contributed by atoms with Gasteiger partial charge in [0.15, 0.2) is 18.3 Å². The van der Waals surface area contributed by atoms with E-state index in [1.165, 1.54) is 6.92 Å². The lowest BCUT2D eigenvalue weighted by Crippen LogP contribution is -2.68. The third-order valence-corrected chi connectivity index (χ3v) is 6.08. The maximum absolute atomic E-state index is 11.9. The smallest absolute Gasteiger partial charge is 0.407 e. The lowest BCUT2D eigenvalue weighted by molar-refractivity contribution is -0.354. The van der Waals surface area contributed by atoms with Crippen LogP contribution in [0.3, 0.4) is 0 Å². The van der Waals surface area contributed by atoms with Crippen LogP contribution in [0.1, 0.15) is 65.4 Å². The van der Waals surface area contributed by atoms with Crippen LogP contribution in [0.2, 0.25) is 0 Å². The summed E-state index contributed by atoms with van der Waals surface area (Å²) in [6.45, 7) is 4.62. The zero-order chi connectivity index (χ0) is 30.4. The number of rotatable bonds is 14. The average molecular weight is 582 g/mol. The number of benzene rings is 1. The first kappa shape index (κ1) is 33.5. The molecule has 1 aliphatic rings. The van der Waals surface area contributed by atoms with Crippen molar-refractivity contribution in [1.29, 1.82) is 0 Å². The van der Waals surface area contributed by atoms with Gasteiger partial charge in [0.1, 0.15) is 19.3 Å². The van der Waals surface area contributed by atoms with Gasteiger partial charge in [0.2, 0.25) is 5.79 Å². The molecule has 0 saturated carbocycles. The minimum Gasteiger partial charge on any atom is -0.463 e. The quantitative estimate of drug-likeness (QED) is 0.187. The number of carbonyl (C=O) groups is 5. The van der Waals surface area contributed by atoms with E-state index in [9.17, 15) is 29.1 Å². The molecule has 1 aromatic carbocycles. The van der Waals surface area contributed by atoms with E-state index in [1.54, 1.807) is 0 Å². The second-order valence-corrected chi connectivity index (χ2v) is 9.63. The Hall–Kier alpha value is -3.71. The molecule has 0 radical (unpaired) electrons. The molecule has 2 N–H and O–H groups in total. The first-order chi connectivity index (χ1) is 19.4. The molecule has 0 unspecified atom stereocenters. The fraction of sp³-hybridized carbons (Fsp3) is 0.607. The van der Waals surface area contributed by atoms with Gasteiger partial charge in [0.25, 0.3) is 0 Å². The van der Waals surface area contributed by atoms with Crippen molar-refractivity contribution in [3.05, 3.63) is 35.9 Å². The molecule has 228 valence electrons. The van der Waals surface area contributed by atoms with Crippen LogP contribution in [0.15, 0.2) is 30.3 Å². The fourth-order valence-electron chi connectivity index (χ4n) is 4.38. The second-order valence-electron chi connectivity index (χ2n) is 9.63. The molecule has 0 aromatic heterocycles. The predicted molar refractivity (Wildman–Crippen MR) is 141 cm³/mol. The van der Waals surface area contributed by atoms with Crippen molar-refractivity contribution in [3.63, 3.8) is 0 Å². The Kier molecular flexibility index (Phi) is 13.5. The van der Waals surface area contributed by atoms with Crippen LogP contribution in [0.5, 0.6) is 0 Å². The molecule has 1 aliphatic heterocycles. The van der Waals surface area contributed by atoms with E-state index < -0.39 is 66.8 Å². The first-order valence-electron chi connectivity index (χ1n) is 13.4. The number of esters is 4. The standard InChI is InChI=1S/C28H39NO12/c1-18(30)36-17-23-24(38-19(2)31)25(39-20(3)32)26(40-21(4)33)28(35,41-23)14-10-5-6-11-15-29-27(34)37-16-22-12-8-7-9-13-22/h7-9,12-13,23-26,35H,5-6,10-11,14-17H2,1-4H3,(H,29,34)/t23-,24+,25+,26-,28-/m1/s1. The van der Waals surface area contributed by atoms with Crippen LogP contribution in [-0.4, -0.2) is 78.4 Å². The zero-order valence-electron chi connectivity index (χ0n) is 23.8. The Morgan fingerprint density at radius 2 is 1.41 bits per heavy atom. The summed E-state index contributed by atoms with van der Waals surface area (Å²) in [7, 11) is 0. The van der Waals surface area contributed by atoms with E-state index in [1.807, 2.05) is 30.3 Å². The number of hydrogen-bond donors (Lipinski definition) is 2. The molecule has 41 heavy (non-hydrogen) atoms. The number of unbranched alkanes of at least 4 members (excludes halogenated alkanes) is 3. The number of alkyl carbamates (subject to hydrolysis) is 1. The molecule has 1 saturated heterocycles. The van der Waals surface area contributed by atoms with Crippen molar-refractivity contribution in [2.45, 2.75) is 96.6 Å². The summed E-state index contributed by atoms with van der Waals surface area (Å²) < 4.78 is 32.0. The minimum absolute atomic E-state index is 0.0569. The molecule has 0 bridgehead atoms. The highest BCUT2D eigenvalue weighted by atomic mass is 16.7. The van der Waals surface area contributed by atoms with Gasteiger partial charge >= 0.3 is 30.0 Å². The number of hydrogen-bond acceptors (Lipinski definition) is 12. The van der Waals surface area contributed by atoms with E-state index in [0.717, 1.165) is 26.3 Å². The number of aliphatic hydroxyl groups is 1. The van der Waals surface area contributed by atoms with Crippen LogP contribution in [0.4, 0.5) is 4.79 Å². The van der Waals surface area contributed by atoms with Crippen LogP contribution in [-0.2, 0) is 54.2 Å². The normalized spacial score (nSPS) is 23.5. The molecule has 1 amide bonds. The van der Waals surface area contributed by atoms with Crippen LogP contribution in [0.25, 0.3) is 0 Å². The summed E-state index contributed by atoms with van der Waals surface area (Å²) in [4.78, 5) is 59.0. The van der Waals surface area contributed by atoms with Crippen molar-refractivity contribution in [3.8, 4) is 0 Å². The van der Waals surface area contributed by atoms with Crippen LogP contribution in [0, 0.1) is 0 Å². The zero-order valence-corrected chi connectivity index (χ0v) is 23.8. The van der Waals surface area contributed by atoms with Gasteiger partial charge < -0.3 is 38.8 Å². The third kappa shape index (κ3) is 11.7. The van der Waals surface area contributed by atoms with Crippen molar-refractivity contribution in [2.75, 3.05) is 13.2 Å². The summed E-state index contributed by atoms with van der Waals surface area (Å²) in [5, 5.41) is 14.2. The molecular formula is C28H39NO12. The van der Waals surface area contributed by atoms with Gasteiger partial charge in [-0.1, -0.05) is 43.2 Å². The van der Waals surface area contributed by atoms with Crippen molar-refractivity contribution in [1.82, 2.24) is 5.32 Å². The van der Waals surface area contributed by atoms with Gasteiger partial charge in [-0.2, -0.15) is 0 Å². The van der Waals surface area contributed by atoms with Gasteiger partial charge in [-0.3, -0.25) is 19.2 Å². The molecule has 0 spiro atoms. The molecule has 5 atom stereocenters. The largest absolute Gasteiger partial charge is 0.463 e. The Morgan fingerprint density at radius 3 is 2.02 bits per heavy atom. The van der Waals surface area contributed by atoms with Gasteiger partial charge in [-0.25, -0.2) is 4.79 Å². The van der Waals surface area contributed by atoms with E-state index in [-0.39, 0.29) is 13.0 Å². The van der Waals surface area contributed by atoms with Gasteiger partial charge in [0.05, 0.1) is 0 Å². The highest BCUT2D eigenvalue weighted by Crippen LogP contribution is 2.37. The first-order valence-corrected chi connectivity index (χ1v) is 13.4. The lowest BCUT2D eigenvalue weighted by Gasteiger charge is -2.48. The molecule has 1 heterocycles. The van der Waals surface area contributed by atoms with Gasteiger partial charge in [-0.15, -0.1) is 0 Å². The molecule has 0 aliphatic carbocycles. The summed E-state index contributed by atoms with van der Waals surface area (Å²) in [6, 6.07) is 9.29. The molecule has 13 nitrogen and oxygen atoms in total. The Morgan fingerprint density at radius 1 is 0.805 bits per heavy atom. The van der Waals surface area contributed by atoms with Crippen LogP contribution >= 0.6 is 0 Å². The third-order valence-electron chi connectivity index (χ3n) is 6.08. The fourth-order valence-corrected chi connectivity index (χ4v) is 4.38. The number of carbonyl (C=O) groups excluding carboxylic acids is 5.